The maximum Gasteiger partial charge on any atom is 0.198 e. The second kappa shape index (κ2) is 7.08. The van der Waals surface area contributed by atoms with Crippen molar-refractivity contribution in [2.24, 2.45) is 0 Å². The van der Waals surface area contributed by atoms with Crippen LogP contribution in [0.2, 0.25) is 0 Å². The van der Waals surface area contributed by atoms with Crippen LogP contribution in [0.4, 0.5) is 0 Å². The molecule has 1 aliphatic carbocycles. The number of carbonyl (C=O) groups is 1. The molecule has 0 aromatic heterocycles. The molecule has 3 heteroatoms. The number of carbonyl (C=O) groups excluding carboxylic acids is 1. The van der Waals surface area contributed by atoms with Crippen LogP contribution < -0.4 is 4.74 Å². The Morgan fingerprint density at radius 2 is 1.71 bits per heavy atom. The Kier molecular flexibility index (Phi) is 5.40. The first-order chi connectivity index (χ1) is 10.1. The molecule has 0 unspecified atom stereocenters. The van der Waals surface area contributed by atoms with E-state index in [1.165, 1.54) is 12.8 Å². The van der Waals surface area contributed by atoms with Gasteiger partial charge >= 0.3 is 0 Å². The minimum absolute atomic E-state index is 0.0478. The van der Waals surface area contributed by atoms with Gasteiger partial charge in [0, 0.05) is 7.11 Å². The summed E-state index contributed by atoms with van der Waals surface area (Å²) in [5.74, 6) is 0.737. The highest BCUT2D eigenvalue weighted by molar-refractivity contribution is 6.04. The van der Waals surface area contributed by atoms with Crippen LogP contribution >= 0.6 is 0 Å². The number of methoxy groups -OCH3 is 1. The van der Waals surface area contributed by atoms with E-state index in [2.05, 4.69) is 0 Å². The number of ether oxygens (including phenoxy) is 2. The van der Waals surface area contributed by atoms with Crippen molar-refractivity contribution >= 4 is 5.78 Å². The van der Waals surface area contributed by atoms with Crippen molar-refractivity contribution in [3.05, 3.63) is 29.8 Å². The first-order valence-corrected chi connectivity index (χ1v) is 7.95. The van der Waals surface area contributed by atoms with Crippen LogP contribution in [0.5, 0.6) is 5.75 Å². The standard InChI is InChI=1S/C18H26O3/c1-14(2)21-16-11-7-6-10-15(16)17(19)18(20-3)12-8-4-5-9-13-18/h6-7,10-11,14H,4-5,8-9,12-13H2,1-3H3. The summed E-state index contributed by atoms with van der Waals surface area (Å²) in [4.78, 5) is 13.1. The summed E-state index contributed by atoms with van der Waals surface area (Å²) in [7, 11) is 1.66. The number of Topliss-reactive ketones (excluding diaryl/α,β-unsaturated/α-hetero) is 1. The van der Waals surface area contributed by atoms with Gasteiger partial charge in [-0.05, 0) is 38.8 Å². The molecule has 0 N–H and O–H groups in total. The fraction of sp³-hybridized carbons (Fsp3) is 0.611. The van der Waals surface area contributed by atoms with Gasteiger partial charge in [0.1, 0.15) is 11.4 Å². The van der Waals surface area contributed by atoms with Gasteiger partial charge in [0.15, 0.2) is 5.78 Å². The van der Waals surface area contributed by atoms with Crippen LogP contribution in [0.15, 0.2) is 24.3 Å². The number of ketones is 1. The van der Waals surface area contributed by atoms with E-state index < -0.39 is 5.60 Å². The van der Waals surface area contributed by atoms with Gasteiger partial charge in [0.05, 0.1) is 11.7 Å². The summed E-state index contributed by atoms with van der Waals surface area (Å²) in [5, 5.41) is 0. The largest absolute Gasteiger partial charge is 0.490 e. The predicted octanol–water partition coefficient (Wildman–Crippen LogP) is 4.40. The first-order valence-electron chi connectivity index (χ1n) is 7.95. The van der Waals surface area contributed by atoms with Crippen LogP contribution in [-0.4, -0.2) is 24.6 Å². The van der Waals surface area contributed by atoms with E-state index in [-0.39, 0.29) is 11.9 Å². The predicted molar refractivity (Wildman–Crippen MR) is 84.0 cm³/mol. The highest BCUT2D eigenvalue weighted by Gasteiger charge is 2.40. The van der Waals surface area contributed by atoms with E-state index in [4.69, 9.17) is 9.47 Å². The number of rotatable bonds is 5. The van der Waals surface area contributed by atoms with Crippen LogP contribution in [0.25, 0.3) is 0 Å². The minimum Gasteiger partial charge on any atom is -0.490 e. The molecule has 0 atom stereocenters. The zero-order chi connectivity index (χ0) is 15.3. The second-order valence-electron chi connectivity index (χ2n) is 6.10. The quantitative estimate of drug-likeness (QED) is 0.595. The highest BCUT2D eigenvalue weighted by Crippen LogP contribution is 2.35. The van der Waals surface area contributed by atoms with Crippen molar-refractivity contribution in [3.63, 3.8) is 0 Å². The Bertz CT molecular complexity index is 471. The third kappa shape index (κ3) is 3.65. The third-order valence-electron chi connectivity index (χ3n) is 4.21. The highest BCUT2D eigenvalue weighted by atomic mass is 16.5. The molecule has 21 heavy (non-hydrogen) atoms. The summed E-state index contributed by atoms with van der Waals surface area (Å²) in [5.41, 5.74) is -0.0256. The fourth-order valence-electron chi connectivity index (χ4n) is 3.08. The number of para-hydroxylation sites is 1. The molecule has 3 nitrogen and oxygen atoms in total. The molecule has 0 aliphatic heterocycles. The smallest absolute Gasteiger partial charge is 0.198 e. The van der Waals surface area contributed by atoms with Gasteiger partial charge in [-0.1, -0.05) is 37.8 Å². The molecule has 1 aromatic rings. The lowest BCUT2D eigenvalue weighted by Crippen LogP contribution is -2.40. The molecule has 1 fully saturated rings. The molecule has 0 bridgehead atoms. The Morgan fingerprint density at radius 1 is 1.10 bits per heavy atom. The Morgan fingerprint density at radius 3 is 2.29 bits per heavy atom. The first kappa shape index (κ1) is 16.0. The normalized spacial score (nSPS) is 18.3. The minimum atomic E-state index is -0.674. The van der Waals surface area contributed by atoms with Gasteiger partial charge in [0.25, 0.3) is 0 Å². The molecule has 0 spiro atoms. The van der Waals surface area contributed by atoms with Gasteiger partial charge in [0.2, 0.25) is 0 Å². The van der Waals surface area contributed by atoms with E-state index in [9.17, 15) is 4.79 Å². The number of benzene rings is 1. The molecule has 0 radical (unpaired) electrons. The summed E-state index contributed by atoms with van der Waals surface area (Å²) in [6.07, 6.45) is 6.12. The molecule has 0 amide bonds. The van der Waals surface area contributed by atoms with Crippen molar-refractivity contribution in [1.29, 1.82) is 0 Å². The molecule has 0 saturated heterocycles. The Balaban J connectivity index is 2.33. The molecule has 116 valence electrons. The molecule has 1 aromatic carbocycles. The van der Waals surface area contributed by atoms with Gasteiger partial charge in [-0.25, -0.2) is 0 Å². The fourth-order valence-corrected chi connectivity index (χ4v) is 3.08. The van der Waals surface area contributed by atoms with Gasteiger partial charge in [-0.3, -0.25) is 4.79 Å². The van der Waals surface area contributed by atoms with E-state index in [1.807, 2.05) is 38.1 Å². The number of hydrogen-bond acceptors (Lipinski definition) is 3. The lowest BCUT2D eigenvalue weighted by Gasteiger charge is -2.30. The summed E-state index contributed by atoms with van der Waals surface area (Å²) in [6.45, 7) is 3.94. The van der Waals surface area contributed by atoms with Crippen LogP contribution in [-0.2, 0) is 4.74 Å². The Hall–Kier alpha value is -1.35. The maximum atomic E-state index is 13.1. The van der Waals surface area contributed by atoms with E-state index >= 15 is 0 Å². The van der Waals surface area contributed by atoms with Gasteiger partial charge in [-0.15, -0.1) is 0 Å². The van der Waals surface area contributed by atoms with E-state index in [0.717, 1.165) is 25.7 Å². The van der Waals surface area contributed by atoms with Gasteiger partial charge in [-0.2, -0.15) is 0 Å². The monoisotopic (exact) mass is 290 g/mol. The maximum absolute atomic E-state index is 13.1. The second-order valence-corrected chi connectivity index (χ2v) is 6.10. The molecule has 2 rings (SSSR count). The molecule has 1 aliphatic rings. The van der Waals surface area contributed by atoms with Crippen molar-refractivity contribution in [2.45, 2.75) is 64.1 Å². The number of hydrogen-bond donors (Lipinski definition) is 0. The van der Waals surface area contributed by atoms with Crippen LogP contribution in [0.1, 0.15) is 62.7 Å². The summed E-state index contributed by atoms with van der Waals surface area (Å²) >= 11 is 0. The average Bonchev–Trinajstić information content (AvgIpc) is 2.73. The SMILES string of the molecule is COC1(C(=O)c2ccccc2OC(C)C)CCCCCC1. The van der Waals surface area contributed by atoms with Crippen molar-refractivity contribution in [3.8, 4) is 5.75 Å². The molecule has 0 heterocycles. The lowest BCUT2D eigenvalue weighted by atomic mass is 9.85. The topological polar surface area (TPSA) is 35.5 Å². The molecular weight excluding hydrogens is 264 g/mol. The van der Waals surface area contributed by atoms with Gasteiger partial charge < -0.3 is 9.47 Å². The zero-order valence-corrected chi connectivity index (χ0v) is 13.4. The van der Waals surface area contributed by atoms with Crippen LogP contribution in [0.3, 0.4) is 0 Å². The summed E-state index contributed by atoms with van der Waals surface area (Å²) in [6, 6.07) is 7.51. The van der Waals surface area contributed by atoms with E-state index in [1.54, 1.807) is 7.11 Å². The van der Waals surface area contributed by atoms with Crippen LogP contribution in [0, 0.1) is 0 Å². The molecule has 1 saturated carbocycles. The zero-order valence-electron chi connectivity index (χ0n) is 13.4. The average molecular weight is 290 g/mol. The summed E-state index contributed by atoms with van der Waals surface area (Å²) < 4.78 is 11.5. The third-order valence-corrected chi connectivity index (χ3v) is 4.21. The van der Waals surface area contributed by atoms with E-state index in [0.29, 0.717) is 11.3 Å². The van der Waals surface area contributed by atoms with Crippen molar-refractivity contribution in [2.75, 3.05) is 7.11 Å². The lowest BCUT2D eigenvalue weighted by molar-refractivity contribution is -0.00721. The van der Waals surface area contributed by atoms with Crippen molar-refractivity contribution in [1.82, 2.24) is 0 Å². The van der Waals surface area contributed by atoms with Crippen molar-refractivity contribution < 1.29 is 14.3 Å². The molecular formula is C18H26O3. The Labute approximate surface area is 127 Å².